The lowest BCUT2D eigenvalue weighted by molar-refractivity contribution is -0.120. The van der Waals surface area contributed by atoms with E-state index in [9.17, 15) is 9.18 Å². The molecule has 0 bridgehead atoms. The predicted octanol–water partition coefficient (Wildman–Crippen LogP) is 3.08. The number of aryl methyl sites for hydroxylation is 1. The lowest BCUT2D eigenvalue weighted by atomic mass is 10.2. The summed E-state index contributed by atoms with van der Waals surface area (Å²) in [4.78, 5) is 16.9. The lowest BCUT2D eigenvalue weighted by Gasteiger charge is -2.14. The molecule has 0 fully saturated rings. The van der Waals surface area contributed by atoms with Crippen molar-refractivity contribution in [2.45, 2.75) is 44.3 Å². The van der Waals surface area contributed by atoms with Crippen molar-refractivity contribution >= 4 is 17.7 Å². The first-order valence-corrected chi connectivity index (χ1v) is 9.02. The molecule has 136 valence electrons. The Balaban J connectivity index is 1.99. The number of methoxy groups -OCH3 is 1. The van der Waals surface area contributed by atoms with Gasteiger partial charge in [-0.25, -0.2) is 9.37 Å². The molecule has 0 spiro atoms. The van der Waals surface area contributed by atoms with Crippen LogP contribution in [-0.4, -0.2) is 34.4 Å². The number of carbonyl (C=O) groups excluding carboxylic acids is 1. The van der Waals surface area contributed by atoms with Gasteiger partial charge in [-0.2, -0.15) is 0 Å². The maximum absolute atomic E-state index is 13.6. The smallest absolute Gasteiger partial charge is 0.233 e. The van der Waals surface area contributed by atoms with Crippen molar-refractivity contribution in [2.24, 2.45) is 0 Å². The lowest BCUT2D eigenvalue weighted by Crippen LogP contribution is -2.31. The van der Waals surface area contributed by atoms with Crippen LogP contribution in [0.4, 0.5) is 4.39 Å². The van der Waals surface area contributed by atoms with Gasteiger partial charge in [0.15, 0.2) is 5.16 Å². The second-order valence-corrected chi connectivity index (χ2v) is 7.09. The average molecular weight is 365 g/mol. The van der Waals surface area contributed by atoms with Gasteiger partial charge in [-0.05, 0) is 26.8 Å². The number of aromatic nitrogens is 2. The number of imidazole rings is 1. The standard InChI is InChI=1S/C18H24FN3O2S/c1-12-13(2)22(9-10-24-4)18(21-12)25-14(3)17(23)20-11-15-7-5-6-8-16(15)19/h5-8,14H,9-11H2,1-4H3,(H,20,23). The minimum absolute atomic E-state index is 0.148. The number of amides is 1. The summed E-state index contributed by atoms with van der Waals surface area (Å²) in [6.07, 6.45) is 0. The van der Waals surface area contributed by atoms with Gasteiger partial charge in [-0.15, -0.1) is 0 Å². The van der Waals surface area contributed by atoms with Crippen molar-refractivity contribution < 1.29 is 13.9 Å². The third-order valence-corrected chi connectivity index (χ3v) is 5.09. The van der Waals surface area contributed by atoms with Gasteiger partial charge in [0.05, 0.1) is 17.6 Å². The number of halogens is 1. The molecule has 7 heteroatoms. The summed E-state index contributed by atoms with van der Waals surface area (Å²) in [6, 6.07) is 6.43. The Kier molecular flexibility index (Phi) is 7.01. The molecule has 0 saturated heterocycles. The van der Waals surface area contributed by atoms with Crippen LogP contribution in [0.3, 0.4) is 0 Å². The molecule has 1 heterocycles. The zero-order valence-corrected chi connectivity index (χ0v) is 15.8. The highest BCUT2D eigenvalue weighted by atomic mass is 32.2. The SMILES string of the molecule is COCCn1c(SC(C)C(=O)NCc2ccccc2F)nc(C)c1C. The summed E-state index contributed by atoms with van der Waals surface area (Å²) in [6.45, 7) is 7.22. The van der Waals surface area contributed by atoms with Crippen LogP contribution in [0.5, 0.6) is 0 Å². The number of ether oxygens (including phenoxy) is 1. The molecule has 2 aromatic rings. The molecule has 1 amide bonds. The molecule has 1 aromatic heterocycles. The summed E-state index contributed by atoms with van der Waals surface area (Å²) in [5.74, 6) is -0.464. The van der Waals surface area contributed by atoms with E-state index in [-0.39, 0.29) is 23.5 Å². The summed E-state index contributed by atoms with van der Waals surface area (Å²) < 4.78 is 20.8. The number of carbonyl (C=O) groups is 1. The zero-order valence-electron chi connectivity index (χ0n) is 15.0. The van der Waals surface area contributed by atoms with E-state index < -0.39 is 0 Å². The van der Waals surface area contributed by atoms with E-state index in [4.69, 9.17) is 4.74 Å². The fourth-order valence-electron chi connectivity index (χ4n) is 2.34. The second-order valence-electron chi connectivity index (χ2n) is 5.78. The molecule has 0 aliphatic carbocycles. The van der Waals surface area contributed by atoms with Gasteiger partial charge in [-0.3, -0.25) is 4.79 Å². The fourth-order valence-corrected chi connectivity index (χ4v) is 3.39. The Morgan fingerprint density at radius 3 is 2.80 bits per heavy atom. The molecular formula is C18H24FN3O2S. The highest BCUT2D eigenvalue weighted by Gasteiger charge is 2.19. The Morgan fingerprint density at radius 2 is 2.12 bits per heavy atom. The van der Waals surface area contributed by atoms with Crippen molar-refractivity contribution in [3.63, 3.8) is 0 Å². The zero-order chi connectivity index (χ0) is 18.4. The Bertz CT molecular complexity index is 733. The summed E-state index contributed by atoms with van der Waals surface area (Å²) in [5.41, 5.74) is 2.48. The third kappa shape index (κ3) is 5.06. The van der Waals surface area contributed by atoms with Gasteiger partial charge in [0.2, 0.25) is 5.91 Å². The molecule has 25 heavy (non-hydrogen) atoms. The van der Waals surface area contributed by atoms with Crippen LogP contribution in [-0.2, 0) is 22.6 Å². The van der Waals surface area contributed by atoms with Gasteiger partial charge in [0.25, 0.3) is 0 Å². The molecule has 1 atom stereocenters. The number of hydrogen-bond acceptors (Lipinski definition) is 4. The number of thioether (sulfide) groups is 1. The quantitative estimate of drug-likeness (QED) is 0.731. The molecule has 2 rings (SSSR count). The molecule has 1 unspecified atom stereocenters. The molecule has 1 aromatic carbocycles. The van der Waals surface area contributed by atoms with Crippen molar-refractivity contribution in [1.29, 1.82) is 0 Å². The maximum atomic E-state index is 13.6. The van der Waals surface area contributed by atoms with Crippen LogP contribution >= 0.6 is 11.8 Å². The van der Waals surface area contributed by atoms with E-state index in [0.29, 0.717) is 18.7 Å². The van der Waals surface area contributed by atoms with E-state index in [0.717, 1.165) is 16.5 Å². The normalized spacial score (nSPS) is 12.2. The maximum Gasteiger partial charge on any atom is 0.233 e. The molecule has 0 radical (unpaired) electrons. The Hall–Kier alpha value is -1.86. The van der Waals surface area contributed by atoms with E-state index >= 15 is 0 Å². The highest BCUT2D eigenvalue weighted by molar-refractivity contribution is 8.00. The van der Waals surface area contributed by atoms with Crippen molar-refractivity contribution in [1.82, 2.24) is 14.9 Å². The van der Waals surface area contributed by atoms with E-state index in [1.54, 1.807) is 25.3 Å². The van der Waals surface area contributed by atoms with E-state index in [1.807, 2.05) is 20.8 Å². The number of benzene rings is 1. The van der Waals surface area contributed by atoms with Gasteiger partial charge in [-0.1, -0.05) is 30.0 Å². The number of hydrogen-bond donors (Lipinski definition) is 1. The number of nitrogens with one attached hydrogen (secondary N) is 1. The van der Waals surface area contributed by atoms with Crippen LogP contribution in [0.15, 0.2) is 29.4 Å². The van der Waals surface area contributed by atoms with Crippen LogP contribution in [0, 0.1) is 19.7 Å². The van der Waals surface area contributed by atoms with E-state index in [1.165, 1.54) is 17.8 Å². The van der Waals surface area contributed by atoms with Crippen LogP contribution in [0.2, 0.25) is 0 Å². The van der Waals surface area contributed by atoms with E-state index in [2.05, 4.69) is 14.9 Å². The summed E-state index contributed by atoms with van der Waals surface area (Å²) >= 11 is 1.39. The van der Waals surface area contributed by atoms with Crippen molar-refractivity contribution in [3.05, 3.63) is 47.0 Å². The van der Waals surface area contributed by atoms with Gasteiger partial charge in [0.1, 0.15) is 5.82 Å². The monoisotopic (exact) mass is 365 g/mol. The van der Waals surface area contributed by atoms with Crippen molar-refractivity contribution in [2.75, 3.05) is 13.7 Å². The van der Waals surface area contributed by atoms with Gasteiger partial charge in [0, 0.05) is 31.5 Å². The molecule has 1 N–H and O–H groups in total. The third-order valence-electron chi connectivity index (χ3n) is 4.00. The minimum Gasteiger partial charge on any atom is -0.383 e. The molecule has 5 nitrogen and oxygen atoms in total. The van der Waals surface area contributed by atoms with Crippen LogP contribution in [0.1, 0.15) is 23.9 Å². The van der Waals surface area contributed by atoms with Gasteiger partial charge >= 0.3 is 0 Å². The first kappa shape index (κ1) is 19.5. The fraction of sp³-hybridized carbons (Fsp3) is 0.444. The number of rotatable bonds is 8. The average Bonchev–Trinajstić information content (AvgIpc) is 2.85. The van der Waals surface area contributed by atoms with Crippen molar-refractivity contribution in [3.8, 4) is 0 Å². The second kappa shape index (κ2) is 9.01. The largest absolute Gasteiger partial charge is 0.383 e. The highest BCUT2D eigenvalue weighted by Crippen LogP contribution is 2.25. The Labute approximate surface area is 152 Å². The topological polar surface area (TPSA) is 56.1 Å². The summed E-state index contributed by atoms with van der Waals surface area (Å²) in [5, 5.41) is 3.24. The van der Waals surface area contributed by atoms with Crippen LogP contribution in [0.25, 0.3) is 0 Å². The molecule has 0 saturated carbocycles. The van der Waals surface area contributed by atoms with Crippen LogP contribution < -0.4 is 5.32 Å². The predicted molar refractivity (Wildman–Crippen MR) is 97.1 cm³/mol. The molecule has 0 aliphatic heterocycles. The molecule has 0 aliphatic rings. The Morgan fingerprint density at radius 1 is 1.40 bits per heavy atom. The molecular weight excluding hydrogens is 341 g/mol. The summed E-state index contributed by atoms with van der Waals surface area (Å²) in [7, 11) is 1.66. The minimum atomic E-state index is -0.339. The first-order chi connectivity index (χ1) is 11.9. The van der Waals surface area contributed by atoms with Gasteiger partial charge < -0.3 is 14.6 Å². The number of nitrogens with zero attached hydrogens (tertiary/aromatic N) is 2. The first-order valence-electron chi connectivity index (χ1n) is 8.14.